The van der Waals surface area contributed by atoms with Crippen LogP contribution in [0.2, 0.25) is 0 Å². The van der Waals surface area contributed by atoms with Crippen LogP contribution in [0.25, 0.3) is 0 Å². The second kappa shape index (κ2) is 8.56. The van der Waals surface area contributed by atoms with E-state index in [-0.39, 0.29) is 18.1 Å². The predicted octanol–water partition coefficient (Wildman–Crippen LogP) is 1.48. The van der Waals surface area contributed by atoms with Crippen LogP contribution in [0.1, 0.15) is 44.9 Å². The molecule has 1 fully saturated rings. The van der Waals surface area contributed by atoms with Gasteiger partial charge in [0.15, 0.2) is 0 Å². The van der Waals surface area contributed by atoms with Gasteiger partial charge in [0.2, 0.25) is 11.9 Å². The highest BCUT2D eigenvalue weighted by atomic mass is 16.3. The van der Waals surface area contributed by atoms with Crippen molar-refractivity contribution in [2.24, 2.45) is 0 Å². The van der Waals surface area contributed by atoms with Gasteiger partial charge >= 0.3 is 0 Å². The number of aliphatic hydroxyl groups is 1. The van der Waals surface area contributed by atoms with Crippen molar-refractivity contribution in [3.8, 4) is 0 Å². The summed E-state index contributed by atoms with van der Waals surface area (Å²) >= 11 is 0. The number of nitrogens with zero attached hydrogens (tertiary/aromatic N) is 2. The van der Waals surface area contributed by atoms with Crippen LogP contribution in [0.5, 0.6) is 0 Å². The van der Waals surface area contributed by atoms with E-state index in [0.29, 0.717) is 12.4 Å². The first-order valence-corrected chi connectivity index (χ1v) is 7.72. The molecular formula is C15H24N4O2. The number of unbranched alkanes of at least 4 members (excludes halogenated alkanes) is 1. The van der Waals surface area contributed by atoms with E-state index >= 15 is 0 Å². The Hall–Kier alpha value is -1.69. The Labute approximate surface area is 125 Å². The lowest BCUT2D eigenvalue weighted by molar-refractivity contribution is -0.122. The number of anilines is 1. The molecule has 6 heteroatoms. The van der Waals surface area contributed by atoms with Crippen molar-refractivity contribution in [2.75, 3.05) is 11.9 Å². The summed E-state index contributed by atoms with van der Waals surface area (Å²) in [6, 6.07) is 2.02. The second-order valence-electron chi connectivity index (χ2n) is 5.53. The number of hydrogen-bond donors (Lipinski definition) is 3. The van der Waals surface area contributed by atoms with Gasteiger partial charge in [0, 0.05) is 31.4 Å². The normalized spacial score (nSPS) is 21.8. The highest BCUT2D eigenvalue weighted by molar-refractivity contribution is 5.76. The van der Waals surface area contributed by atoms with Gasteiger partial charge in [0.05, 0.1) is 6.10 Å². The maximum atomic E-state index is 11.8. The van der Waals surface area contributed by atoms with E-state index in [1.165, 1.54) is 0 Å². The van der Waals surface area contributed by atoms with Gasteiger partial charge in [0.1, 0.15) is 0 Å². The van der Waals surface area contributed by atoms with Crippen LogP contribution in [0.4, 0.5) is 5.95 Å². The molecule has 1 aliphatic rings. The zero-order valence-corrected chi connectivity index (χ0v) is 12.3. The number of nitrogens with one attached hydrogen (secondary N) is 2. The summed E-state index contributed by atoms with van der Waals surface area (Å²) in [5.41, 5.74) is 0. The molecule has 3 N–H and O–H groups in total. The van der Waals surface area contributed by atoms with Gasteiger partial charge in [0.25, 0.3) is 0 Å². The Balaban J connectivity index is 1.51. The maximum absolute atomic E-state index is 11.8. The zero-order chi connectivity index (χ0) is 14.9. The Kier molecular flexibility index (Phi) is 6.40. The topological polar surface area (TPSA) is 87.1 Å². The van der Waals surface area contributed by atoms with Crippen LogP contribution >= 0.6 is 0 Å². The maximum Gasteiger partial charge on any atom is 0.222 e. The van der Waals surface area contributed by atoms with Crippen LogP contribution in [-0.4, -0.2) is 39.7 Å². The average Bonchev–Trinajstić information content (AvgIpc) is 2.50. The Morgan fingerprint density at radius 2 is 1.90 bits per heavy atom. The number of hydrogen-bond acceptors (Lipinski definition) is 5. The van der Waals surface area contributed by atoms with Crippen LogP contribution in [-0.2, 0) is 4.79 Å². The number of rotatable bonds is 7. The fourth-order valence-electron chi connectivity index (χ4n) is 2.52. The highest BCUT2D eigenvalue weighted by Crippen LogP contribution is 2.18. The molecule has 0 atom stereocenters. The SMILES string of the molecule is O=C(CCCCNc1ncccn1)NC1CCC(O)CC1. The molecule has 0 radical (unpaired) electrons. The molecule has 0 unspecified atom stereocenters. The Bertz CT molecular complexity index is 419. The first kappa shape index (κ1) is 15.7. The summed E-state index contributed by atoms with van der Waals surface area (Å²) in [7, 11) is 0. The Morgan fingerprint density at radius 1 is 1.19 bits per heavy atom. The molecule has 0 bridgehead atoms. The van der Waals surface area contributed by atoms with Gasteiger partial charge in [-0.1, -0.05) is 0 Å². The minimum atomic E-state index is -0.176. The molecule has 21 heavy (non-hydrogen) atoms. The third kappa shape index (κ3) is 6.08. The summed E-state index contributed by atoms with van der Waals surface area (Å²) in [6.07, 6.45) is 8.90. The largest absolute Gasteiger partial charge is 0.393 e. The fraction of sp³-hybridized carbons (Fsp3) is 0.667. The van der Waals surface area contributed by atoms with Crippen molar-refractivity contribution in [1.82, 2.24) is 15.3 Å². The van der Waals surface area contributed by atoms with E-state index in [4.69, 9.17) is 0 Å². The standard InChI is InChI=1S/C15H24N4O2/c20-13-7-5-12(6-8-13)19-14(21)4-1-2-9-16-15-17-10-3-11-18-15/h3,10-13,20H,1-2,4-9H2,(H,19,21)(H,16,17,18). The smallest absolute Gasteiger partial charge is 0.222 e. The zero-order valence-electron chi connectivity index (χ0n) is 12.3. The molecule has 1 heterocycles. The van der Waals surface area contributed by atoms with Gasteiger partial charge in [-0.25, -0.2) is 9.97 Å². The van der Waals surface area contributed by atoms with Gasteiger partial charge in [-0.3, -0.25) is 4.79 Å². The molecule has 1 aromatic rings. The van der Waals surface area contributed by atoms with Crippen LogP contribution in [0.15, 0.2) is 18.5 Å². The minimum Gasteiger partial charge on any atom is -0.393 e. The molecule has 0 aliphatic heterocycles. The van der Waals surface area contributed by atoms with E-state index in [9.17, 15) is 9.90 Å². The number of carbonyl (C=O) groups excluding carboxylic acids is 1. The summed E-state index contributed by atoms with van der Waals surface area (Å²) in [5, 5.41) is 15.6. The molecule has 116 valence electrons. The molecule has 1 aliphatic carbocycles. The molecule has 0 aromatic carbocycles. The summed E-state index contributed by atoms with van der Waals surface area (Å²) in [5.74, 6) is 0.745. The van der Waals surface area contributed by atoms with Gasteiger partial charge in [-0.15, -0.1) is 0 Å². The van der Waals surface area contributed by atoms with E-state index in [0.717, 1.165) is 45.1 Å². The molecule has 2 rings (SSSR count). The monoisotopic (exact) mass is 292 g/mol. The van der Waals surface area contributed by atoms with Crippen LogP contribution in [0.3, 0.4) is 0 Å². The number of amides is 1. The lowest BCUT2D eigenvalue weighted by atomic mass is 9.93. The third-order valence-electron chi connectivity index (χ3n) is 3.74. The summed E-state index contributed by atoms with van der Waals surface area (Å²) in [6.45, 7) is 0.771. The second-order valence-corrected chi connectivity index (χ2v) is 5.53. The highest BCUT2D eigenvalue weighted by Gasteiger charge is 2.20. The molecule has 1 amide bonds. The van der Waals surface area contributed by atoms with Crippen molar-refractivity contribution in [2.45, 2.75) is 57.1 Å². The lowest BCUT2D eigenvalue weighted by Crippen LogP contribution is -2.38. The minimum absolute atomic E-state index is 0.118. The number of aromatic nitrogens is 2. The average molecular weight is 292 g/mol. The molecule has 0 spiro atoms. The lowest BCUT2D eigenvalue weighted by Gasteiger charge is -2.26. The first-order chi connectivity index (χ1) is 10.2. The quantitative estimate of drug-likeness (QED) is 0.663. The number of aliphatic hydroxyl groups excluding tert-OH is 1. The van der Waals surface area contributed by atoms with Gasteiger partial charge in [-0.05, 0) is 44.6 Å². The van der Waals surface area contributed by atoms with Crippen LogP contribution in [0, 0.1) is 0 Å². The van der Waals surface area contributed by atoms with Gasteiger partial charge in [-0.2, -0.15) is 0 Å². The van der Waals surface area contributed by atoms with Crippen LogP contribution < -0.4 is 10.6 Å². The van der Waals surface area contributed by atoms with Crippen molar-refractivity contribution in [3.05, 3.63) is 18.5 Å². The summed E-state index contributed by atoms with van der Waals surface area (Å²) < 4.78 is 0. The van der Waals surface area contributed by atoms with E-state index < -0.39 is 0 Å². The molecule has 1 saturated carbocycles. The first-order valence-electron chi connectivity index (χ1n) is 7.72. The molecule has 1 aromatic heterocycles. The molecule has 0 saturated heterocycles. The van der Waals surface area contributed by atoms with Crippen molar-refractivity contribution < 1.29 is 9.90 Å². The van der Waals surface area contributed by atoms with E-state index in [2.05, 4.69) is 20.6 Å². The van der Waals surface area contributed by atoms with Gasteiger partial charge < -0.3 is 15.7 Å². The van der Waals surface area contributed by atoms with Crippen molar-refractivity contribution in [3.63, 3.8) is 0 Å². The third-order valence-corrected chi connectivity index (χ3v) is 3.74. The molecular weight excluding hydrogens is 268 g/mol. The van der Waals surface area contributed by atoms with E-state index in [1.54, 1.807) is 18.5 Å². The Morgan fingerprint density at radius 3 is 2.62 bits per heavy atom. The van der Waals surface area contributed by atoms with E-state index in [1.807, 2.05) is 0 Å². The van der Waals surface area contributed by atoms with Crippen molar-refractivity contribution >= 4 is 11.9 Å². The summed E-state index contributed by atoms with van der Waals surface area (Å²) in [4.78, 5) is 20.0. The number of carbonyl (C=O) groups is 1. The fourth-order valence-corrected chi connectivity index (χ4v) is 2.52. The predicted molar refractivity (Wildman–Crippen MR) is 80.8 cm³/mol. The molecule has 6 nitrogen and oxygen atoms in total. The van der Waals surface area contributed by atoms with Crippen molar-refractivity contribution in [1.29, 1.82) is 0 Å².